The van der Waals surface area contributed by atoms with Gasteiger partial charge in [-0.3, -0.25) is 4.68 Å². The highest BCUT2D eigenvalue weighted by molar-refractivity contribution is 4.99. The van der Waals surface area contributed by atoms with E-state index in [1.807, 2.05) is 6.20 Å². The molecule has 1 N–H and O–H groups in total. The Bertz CT molecular complexity index is 289. The molecule has 1 aliphatic carbocycles. The minimum Gasteiger partial charge on any atom is -0.311 e. The van der Waals surface area contributed by atoms with Crippen LogP contribution >= 0.6 is 0 Å². The van der Waals surface area contributed by atoms with E-state index < -0.39 is 0 Å². The fourth-order valence-electron chi connectivity index (χ4n) is 2.10. The third kappa shape index (κ3) is 2.81. The van der Waals surface area contributed by atoms with Crippen LogP contribution in [-0.4, -0.2) is 16.3 Å². The first-order chi connectivity index (χ1) is 7.40. The number of hydrogen-bond donors (Lipinski definition) is 1. The molecule has 3 nitrogen and oxygen atoms in total. The summed E-state index contributed by atoms with van der Waals surface area (Å²) in [5.74, 6) is 1.01. The standard InChI is InChI=1S/C12H21N3/c1-2-15-12(7-9-14-15)10-13-8-6-11-4-3-5-11/h7,9,11,13H,2-6,8,10H2,1H3. The lowest BCUT2D eigenvalue weighted by atomic mass is 9.83. The molecule has 2 rings (SSSR count). The van der Waals surface area contributed by atoms with Crippen LogP contribution in [0, 0.1) is 5.92 Å². The van der Waals surface area contributed by atoms with Crippen LogP contribution in [0.4, 0.5) is 0 Å². The zero-order valence-corrected chi connectivity index (χ0v) is 9.58. The number of aryl methyl sites for hydroxylation is 1. The molecule has 1 aromatic heterocycles. The summed E-state index contributed by atoms with van der Waals surface area (Å²) in [6, 6.07) is 2.10. The molecule has 0 bridgehead atoms. The van der Waals surface area contributed by atoms with Crippen LogP contribution in [0.15, 0.2) is 12.3 Å². The summed E-state index contributed by atoms with van der Waals surface area (Å²) in [5, 5.41) is 7.75. The van der Waals surface area contributed by atoms with Gasteiger partial charge in [0, 0.05) is 19.3 Å². The van der Waals surface area contributed by atoms with Gasteiger partial charge < -0.3 is 5.32 Å². The van der Waals surface area contributed by atoms with E-state index in [9.17, 15) is 0 Å². The van der Waals surface area contributed by atoms with Gasteiger partial charge in [-0.2, -0.15) is 5.10 Å². The van der Waals surface area contributed by atoms with Gasteiger partial charge in [-0.05, 0) is 31.9 Å². The van der Waals surface area contributed by atoms with Crippen molar-refractivity contribution in [3.05, 3.63) is 18.0 Å². The topological polar surface area (TPSA) is 29.9 Å². The van der Waals surface area contributed by atoms with Gasteiger partial charge in [0.15, 0.2) is 0 Å². The maximum absolute atomic E-state index is 4.25. The Hall–Kier alpha value is -0.830. The van der Waals surface area contributed by atoms with Crippen LogP contribution in [0.2, 0.25) is 0 Å². The lowest BCUT2D eigenvalue weighted by molar-refractivity contribution is 0.291. The first-order valence-corrected chi connectivity index (χ1v) is 6.11. The summed E-state index contributed by atoms with van der Waals surface area (Å²) < 4.78 is 2.05. The van der Waals surface area contributed by atoms with E-state index in [1.54, 1.807) is 0 Å². The Morgan fingerprint density at radius 1 is 1.53 bits per heavy atom. The largest absolute Gasteiger partial charge is 0.311 e. The second-order valence-electron chi connectivity index (χ2n) is 4.40. The van der Waals surface area contributed by atoms with Crippen LogP contribution in [0.3, 0.4) is 0 Å². The van der Waals surface area contributed by atoms with Crippen LogP contribution in [-0.2, 0) is 13.1 Å². The fourth-order valence-corrected chi connectivity index (χ4v) is 2.10. The molecule has 0 atom stereocenters. The van der Waals surface area contributed by atoms with Crippen LogP contribution in [0.1, 0.15) is 38.3 Å². The molecule has 0 unspecified atom stereocenters. The minimum absolute atomic E-state index is 0.959. The van der Waals surface area contributed by atoms with Crippen molar-refractivity contribution in [2.75, 3.05) is 6.54 Å². The molecular formula is C12H21N3. The average molecular weight is 207 g/mol. The third-order valence-electron chi connectivity index (χ3n) is 3.36. The van der Waals surface area contributed by atoms with Crippen molar-refractivity contribution in [3.8, 4) is 0 Å². The first kappa shape index (κ1) is 10.7. The molecule has 0 spiro atoms. The number of nitrogens with zero attached hydrogens (tertiary/aromatic N) is 2. The Labute approximate surface area is 91.9 Å². The van der Waals surface area contributed by atoms with E-state index >= 15 is 0 Å². The van der Waals surface area contributed by atoms with Crippen molar-refractivity contribution < 1.29 is 0 Å². The number of hydrogen-bond acceptors (Lipinski definition) is 2. The molecule has 3 heteroatoms. The SMILES string of the molecule is CCn1nccc1CNCCC1CCC1. The third-order valence-corrected chi connectivity index (χ3v) is 3.36. The summed E-state index contributed by atoms with van der Waals surface area (Å²) in [6.07, 6.45) is 7.59. The van der Waals surface area contributed by atoms with Gasteiger partial charge in [0.2, 0.25) is 0 Å². The van der Waals surface area contributed by atoms with E-state index in [0.717, 1.165) is 25.6 Å². The summed E-state index contributed by atoms with van der Waals surface area (Å²) in [5.41, 5.74) is 1.30. The summed E-state index contributed by atoms with van der Waals surface area (Å²) >= 11 is 0. The highest BCUT2D eigenvalue weighted by atomic mass is 15.3. The lowest BCUT2D eigenvalue weighted by Gasteiger charge is -2.25. The lowest BCUT2D eigenvalue weighted by Crippen LogP contribution is -2.22. The number of nitrogens with one attached hydrogen (secondary N) is 1. The van der Waals surface area contributed by atoms with Crippen molar-refractivity contribution >= 4 is 0 Å². The Morgan fingerprint density at radius 2 is 2.40 bits per heavy atom. The van der Waals surface area contributed by atoms with E-state index in [2.05, 4.69) is 28.1 Å². The highest BCUT2D eigenvalue weighted by Gasteiger charge is 2.16. The van der Waals surface area contributed by atoms with E-state index in [0.29, 0.717) is 0 Å². The quantitative estimate of drug-likeness (QED) is 0.725. The molecule has 1 aliphatic rings. The second kappa shape index (κ2) is 5.31. The van der Waals surface area contributed by atoms with E-state index in [-0.39, 0.29) is 0 Å². The van der Waals surface area contributed by atoms with Gasteiger partial charge in [-0.25, -0.2) is 0 Å². The van der Waals surface area contributed by atoms with Crippen molar-refractivity contribution in [2.24, 2.45) is 5.92 Å². The number of rotatable bonds is 6. The van der Waals surface area contributed by atoms with Gasteiger partial charge in [-0.1, -0.05) is 19.3 Å². The van der Waals surface area contributed by atoms with Crippen LogP contribution in [0.5, 0.6) is 0 Å². The van der Waals surface area contributed by atoms with Crippen LogP contribution < -0.4 is 5.32 Å². The predicted octanol–water partition coefficient (Wildman–Crippen LogP) is 2.18. The summed E-state index contributed by atoms with van der Waals surface area (Å²) in [7, 11) is 0. The molecule has 1 aromatic rings. The van der Waals surface area contributed by atoms with Crippen molar-refractivity contribution in [1.82, 2.24) is 15.1 Å². The second-order valence-corrected chi connectivity index (χ2v) is 4.40. The highest BCUT2D eigenvalue weighted by Crippen LogP contribution is 2.28. The van der Waals surface area contributed by atoms with Gasteiger partial charge >= 0.3 is 0 Å². The molecule has 1 fully saturated rings. The molecule has 15 heavy (non-hydrogen) atoms. The fraction of sp³-hybridized carbons (Fsp3) is 0.750. The molecule has 1 saturated carbocycles. The van der Waals surface area contributed by atoms with Gasteiger partial charge in [0.1, 0.15) is 0 Å². The van der Waals surface area contributed by atoms with E-state index in [1.165, 1.54) is 31.4 Å². The maximum Gasteiger partial charge on any atom is 0.0521 e. The summed E-state index contributed by atoms with van der Waals surface area (Å²) in [6.45, 7) is 5.21. The molecular weight excluding hydrogens is 186 g/mol. The average Bonchev–Trinajstić information content (AvgIpc) is 2.62. The zero-order valence-electron chi connectivity index (χ0n) is 9.58. The van der Waals surface area contributed by atoms with Crippen LogP contribution in [0.25, 0.3) is 0 Å². The predicted molar refractivity (Wildman–Crippen MR) is 61.6 cm³/mol. The minimum atomic E-state index is 0.959. The van der Waals surface area contributed by atoms with Gasteiger partial charge in [0.05, 0.1) is 5.69 Å². The Kier molecular flexibility index (Phi) is 3.78. The molecule has 84 valence electrons. The summed E-state index contributed by atoms with van der Waals surface area (Å²) in [4.78, 5) is 0. The molecule has 0 amide bonds. The van der Waals surface area contributed by atoms with Crippen molar-refractivity contribution in [1.29, 1.82) is 0 Å². The maximum atomic E-state index is 4.25. The Balaban J connectivity index is 1.64. The first-order valence-electron chi connectivity index (χ1n) is 6.11. The smallest absolute Gasteiger partial charge is 0.0521 e. The molecule has 0 aliphatic heterocycles. The van der Waals surface area contributed by atoms with Crippen molar-refractivity contribution in [2.45, 2.75) is 45.7 Å². The normalized spacial score (nSPS) is 16.6. The van der Waals surface area contributed by atoms with Gasteiger partial charge in [0.25, 0.3) is 0 Å². The van der Waals surface area contributed by atoms with Gasteiger partial charge in [-0.15, -0.1) is 0 Å². The molecule has 0 radical (unpaired) electrons. The van der Waals surface area contributed by atoms with E-state index in [4.69, 9.17) is 0 Å². The number of aromatic nitrogens is 2. The Morgan fingerprint density at radius 3 is 3.07 bits per heavy atom. The molecule has 1 heterocycles. The van der Waals surface area contributed by atoms with Crippen molar-refractivity contribution in [3.63, 3.8) is 0 Å². The monoisotopic (exact) mass is 207 g/mol. The zero-order chi connectivity index (χ0) is 10.5. The molecule has 0 aromatic carbocycles. The molecule has 0 saturated heterocycles.